The Kier molecular flexibility index (Phi) is 9.19. The summed E-state index contributed by atoms with van der Waals surface area (Å²) in [5.74, 6) is 0.586. The summed E-state index contributed by atoms with van der Waals surface area (Å²) in [6.07, 6.45) is 3.28. The van der Waals surface area contributed by atoms with Crippen LogP contribution in [0.25, 0.3) is 0 Å². The SMILES string of the molecule is Cl.NCCC(=O)NCC1CCCCN1C(=O)COc1ccccc1. The summed E-state index contributed by atoms with van der Waals surface area (Å²) < 4.78 is 5.54. The molecule has 2 rings (SSSR count). The lowest BCUT2D eigenvalue weighted by molar-refractivity contribution is -0.137. The number of ether oxygens (including phenoxy) is 1. The van der Waals surface area contributed by atoms with Crippen molar-refractivity contribution in [3.05, 3.63) is 30.3 Å². The maximum Gasteiger partial charge on any atom is 0.260 e. The highest BCUT2D eigenvalue weighted by Gasteiger charge is 2.27. The van der Waals surface area contributed by atoms with Crippen LogP contribution in [-0.4, -0.2) is 49.0 Å². The van der Waals surface area contributed by atoms with Gasteiger partial charge < -0.3 is 20.7 Å². The molecule has 2 amide bonds. The minimum Gasteiger partial charge on any atom is -0.484 e. The second-order valence-corrected chi connectivity index (χ2v) is 5.68. The quantitative estimate of drug-likeness (QED) is 0.772. The van der Waals surface area contributed by atoms with Crippen molar-refractivity contribution < 1.29 is 14.3 Å². The van der Waals surface area contributed by atoms with E-state index in [1.54, 1.807) is 0 Å². The van der Waals surface area contributed by atoms with E-state index in [1.165, 1.54) is 0 Å². The number of hydrogen-bond donors (Lipinski definition) is 2. The van der Waals surface area contributed by atoms with E-state index in [-0.39, 0.29) is 36.9 Å². The average Bonchev–Trinajstić information content (AvgIpc) is 2.59. The number of piperidine rings is 1. The smallest absolute Gasteiger partial charge is 0.260 e. The van der Waals surface area contributed by atoms with Gasteiger partial charge in [-0.1, -0.05) is 18.2 Å². The summed E-state index contributed by atoms with van der Waals surface area (Å²) in [5, 5.41) is 2.86. The normalized spacial score (nSPS) is 16.9. The van der Waals surface area contributed by atoms with Gasteiger partial charge in [0.15, 0.2) is 6.61 Å². The van der Waals surface area contributed by atoms with Crippen molar-refractivity contribution in [2.24, 2.45) is 5.73 Å². The Hall–Kier alpha value is -1.79. The van der Waals surface area contributed by atoms with Crippen LogP contribution in [0.15, 0.2) is 30.3 Å². The highest BCUT2D eigenvalue weighted by molar-refractivity contribution is 5.85. The fraction of sp³-hybridized carbons (Fsp3) is 0.529. The molecule has 0 bridgehead atoms. The van der Waals surface area contributed by atoms with Crippen molar-refractivity contribution in [2.45, 2.75) is 31.7 Å². The van der Waals surface area contributed by atoms with Gasteiger partial charge in [0.25, 0.3) is 5.91 Å². The second kappa shape index (κ2) is 10.9. The number of hydrogen-bond acceptors (Lipinski definition) is 4. The number of carbonyl (C=O) groups excluding carboxylic acids is 2. The lowest BCUT2D eigenvalue weighted by Gasteiger charge is -2.35. The molecular formula is C17H26ClN3O3. The van der Waals surface area contributed by atoms with E-state index in [2.05, 4.69) is 5.32 Å². The molecule has 6 nitrogen and oxygen atoms in total. The number of carbonyl (C=O) groups is 2. The summed E-state index contributed by atoms with van der Waals surface area (Å²) in [4.78, 5) is 25.8. The monoisotopic (exact) mass is 355 g/mol. The first-order chi connectivity index (χ1) is 11.2. The van der Waals surface area contributed by atoms with E-state index in [9.17, 15) is 9.59 Å². The van der Waals surface area contributed by atoms with E-state index < -0.39 is 0 Å². The number of rotatable bonds is 7. The standard InChI is InChI=1S/C17H25N3O3.ClH/c18-10-9-16(21)19-12-14-6-4-5-11-20(14)17(22)13-23-15-7-2-1-3-8-15;/h1-3,7-8,14H,4-6,9-13,18H2,(H,19,21);1H. The summed E-state index contributed by atoms with van der Waals surface area (Å²) in [5.41, 5.74) is 5.37. The predicted octanol–water partition coefficient (Wildman–Crippen LogP) is 1.33. The number of likely N-dealkylation sites (tertiary alicyclic amines) is 1. The molecule has 1 saturated heterocycles. The Morgan fingerprint density at radius 1 is 1.25 bits per heavy atom. The molecule has 0 spiro atoms. The van der Waals surface area contributed by atoms with Crippen LogP contribution in [0.4, 0.5) is 0 Å². The highest BCUT2D eigenvalue weighted by Crippen LogP contribution is 2.17. The molecule has 134 valence electrons. The first kappa shape index (κ1) is 20.3. The number of nitrogens with one attached hydrogen (secondary N) is 1. The van der Waals surface area contributed by atoms with Crippen molar-refractivity contribution >= 4 is 24.2 Å². The molecule has 7 heteroatoms. The van der Waals surface area contributed by atoms with Gasteiger partial charge in [-0.05, 0) is 31.4 Å². The molecule has 1 unspecified atom stereocenters. The van der Waals surface area contributed by atoms with Crippen molar-refractivity contribution in [1.29, 1.82) is 0 Å². The van der Waals surface area contributed by atoms with Gasteiger partial charge in [0.1, 0.15) is 5.75 Å². The first-order valence-electron chi connectivity index (χ1n) is 8.15. The predicted molar refractivity (Wildman–Crippen MR) is 95.2 cm³/mol. The van der Waals surface area contributed by atoms with Crippen molar-refractivity contribution in [2.75, 3.05) is 26.2 Å². The number of benzene rings is 1. The molecule has 0 aliphatic carbocycles. The zero-order valence-electron chi connectivity index (χ0n) is 13.8. The van der Waals surface area contributed by atoms with Crippen molar-refractivity contribution in [1.82, 2.24) is 10.2 Å². The van der Waals surface area contributed by atoms with Crippen LogP contribution in [-0.2, 0) is 9.59 Å². The van der Waals surface area contributed by atoms with Crippen LogP contribution in [0.3, 0.4) is 0 Å². The molecule has 1 aromatic carbocycles. The average molecular weight is 356 g/mol. The van der Waals surface area contributed by atoms with Gasteiger partial charge in [0, 0.05) is 32.1 Å². The van der Waals surface area contributed by atoms with Gasteiger partial charge in [-0.2, -0.15) is 0 Å². The molecule has 1 fully saturated rings. The van der Waals surface area contributed by atoms with E-state index in [4.69, 9.17) is 10.5 Å². The zero-order chi connectivity index (χ0) is 16.5. The Bertz CT molecular complexity index is 513. The lowest BCUT2D eigenvalue weighted by Crippen LogP contribution is -2.50. The largest absolute Gasteiger partial charge is 0.484 e. The molecule has 24 heavy (non-hydrogen) atoms. The highest BCUT2D eigenvalue weighted by atomic mass is 35.5. The van der Waals surface area contributed by atoms with Gasteiger partial charge in [-0.15, -0.1) is 12.4 Å². The molecule has 0 radical (unpaired) electrons. The van der Waals surface area contributed by atoms with E-state index in [1.807, 2.05) is 35.2 Å². The molecule has 0 saturated carbocycles. The third-order valence-electron chi connectivity index (χ3n) is 3.96. The van der Waals surface area contributed by atoms with Crippen LogP contribution in [0, 0.1) is 0 Å². The van der Waals surface area contributed by atoms with Crippen LogP contribution in [0.5, 0.6) is 5.75 Å². The van der Waals surface area contributed by atoms with Crippen LogP contribution >= 0.6 is 12.4 Å². The Balaban J connectivity index is 0.00000288. The summed E-state index contributed by atoms with van der Waals surface area (Å²) in [6.45, 7) is 1.56. The molecule has 1 aliphatic heterocycles. The van der Waals surface area contributed by atoms with Crippen molar-refractivity contribution in [3.8, 4) is 5.75 Å². The van der Waals surface area contributed by atoms with Crippen LogP contribution in [0.1, 0.15) is 25.7 Å². The number of para-hydroxylation sites is 1. The van der Waals surface area contributed by atoms with E-state index >= 15 is 0 Å². The Morgan fingerprint density at radius 2 is 2.00 bits per heavy atom. The Morgan fingerprint density at radius 3 is 2.71 bits per heavy atom. The number of halogens is 1. The lowest BCUT2D eigenvalue weighted by atomic mass is 10.0. The summed E-state index contributed by atoms with van der Waals surface area (Å²) in [6, 6.07) is 9.34. The fourth-order valence-electron chi connectivity index (χ4n) is 2.74. The summed E-state index contributed by atoms with van der Waals surface area (Å²) in [7, 11) is 0. The molecule has 1 aromatic rings. The van der Waals surface area contributed by atoms with Gasteiger partial charge in [0.05, 0.1) is 0 Å². The third-order valence-corrected chi connectivity index (χ3v) is 3.96. The van der Waals surface area contributed by atoms with E-state index in [0.717, 1.165) is 19.3 Å². The maximum atomic E-state index is 12.4. The molecule has 1 aliphatic rings. The Labute approximate surface area is 149 Å². The second-order valence-electron chi connectivity index (χ2n) is 5.68. The molecular weight excluding hydrogens is 330 g/mol. The molecule has 0 aromatic heterocycles. The first-order valence-corrected chi connectivity index (χ1v) is 8.15. The summed E-state index contributed by atoms with van der Waals surface area (Å²) >= 11 is 0. The maximum absolute atomic E-state index is 12.4. The molecule has 3 N–H and O–H groups in total. The third kappa shape index (κ3) is 6.37. The minimum atomic E-state index is -0.0639. The number of nitrogens with two attached hydrogens (primary N) is 1. The van der Waals surface area contributed by atoms with Gasteiger partial charge in [-0.3, -0.25) is 9.59 Å². The minimum absolute atomic E-state index is 0. The van der Waals surface area contributed by atoms with Crippen LogP contribution in [0.2, 0.25) is 0 Å². The number of amides is 2. The molecule has 1 atom stereocenters. The van der Waals surface area contributed by atoms with Gasteiger partial charge >= 0.3 is 0 Å². The van der Waals surface area contributed by atoms with Crippen molar-refractivity contribution in [3.63, 3.8) is 0 Å². The van der Waals surface area contributed by atoms with E-state index in [0.29, 0.717) is 31.8 Å². The van der Waals surface area contributed by atoms with Gasteiger partial charge in [-0.25, -0.2) is 0 Å². The molecule has 1 heterocycles. The fourth-order valence-corrected chi connectivity index (χ4v) is 2.74. The zero-order valence-corrected chi connectivity index (χ0v) is 14.6. The topological polar surface area (TPSA) is 84.7 Å². The number of nitrogens with zero attached hydrogens (tertiary/aromatic N) is 1. The van der Waals surface area contributed by atoms with Gasteiger partial charge in [0.2, 0.25) is 5.91 Å². The van der Waals surface area contributed by atoms with Crippen LogP contribution < -0.4 is 15.8 Å².